The Balaban J connectivity index is 1.60. The van der Waals surface area contributed by atoms with Gasteiger partial charge in [-0.2, -0.15) is 4.98 Å². The molecule has 0 saturated carbocycles. The molecule has 0 aliphatic heterocycles. The summed E-state index contributed by atoms with van der Waals surface area (Å²) in [5.74, 6) is -0.196. The molecule has 28 heavy (non-hydrogen) atoms. The molecule has 0 spiro atoms. The molecule has 2 aromatic heterocycles. The van der Waals surface area contributed by atoms with Gasteiger partial charge in [0.05, 0.1) is 11.2 Å². The Kier molecular flexibility index (Phi) is 5.30. The van der Waals surface area contributed by atoms with Gasteiger partial charge < -0.3 is 5.32 Å². The standard InChI is InChI=1S/C22H19N3O2S/c26-20(23-13-12-17-9-6-14-28-17)15-25-19-11-5-4-10-18(19)21(24-22(25)27)16-7-2-1-3-8-16/h1-11,14H,12-13,15H2,(H,23,26). The van der Waals surface area contributed by atoms with E-state index in [-0.39, 0.29) is 12.5 Å². The lowest BCUT2D eigenvalue weighted by atomic mass is 10.1. The molecule has 4 aromatic rings. The third-order valence-electron chi connectivity index (χ3n) is 4.51. The van der Waals surface area contributed by atoms with E-state index >= 15 is 0 Å². The number of hydrogen-bond donors (Lipinski definition) is 1. The summed E-state index contributed by atoms with van der Waals surface area (Å²) in [4.78, 5) is 30.6. The lowest BCUT2D eigenvalue weighted by Gasteiger charge is -2.13. The molecule has 0 fully saturated rings. The third kappa shape index (κ3) is 3.87. The number of fused-ring (bicyclic) bond motifs is 1. The van der Waals surface area contributed by atoms with Gasteiger partial charge in [0.1, 0.15) is 6.54 Å². The summed E-state index contributed by atoms with van der Waals surface area (Å²) in [6.45, 7) is 0.493. The van der Waals surface area contributed by atoms with Gasteiger partial charge in [-0.25, -0.2) is 4.79 Å². The van der Waals surface area contributed by atoms with E-state index in [2.05, 4.69) is 10.3 Å². The number of rotatable bonds is 6. The van der Waals surface area contributed by atoms with Crippen LogP contribution in [0.5, 0.6) is 0 Å². The van der Waals surface area contributed by atoms with E-state index in [4.69, 9.17) is 0 Å². The fourth-order valence-electron chi connectivity index (χ4n) is 3.18. The van der Waals surface area contributed by atoms with Gasteiger partial charge in [-0.3, -0.25) is 9.36 Å². The average molecular weight is 389 g/mol. The predicted octanol–water partition coefficient (Wildman–Crippen LogP) is 3.48. The summed E-state index contributed by atoms with van der Waals surface area (Å²) in [6, 6.07) is 21.2. The van der Waals surface area contributed by atoms with Crippen molar-refractivity contribution in [2.24, 2.45) is 0 Å². The predicted molar refractivity (Wildman–Crippen MR) is 112 cm³/mol. The average Bonchev–Trinajstić information content (AvgIpc) is 3.24. The lowest BCUT2D eigenvalue weighted by Crippen LogP contribution is -2.34. The van der Waals surface area contributed by atoms with Crippen LogP contribution in [0.3, 0.4) is 0 Å². The highest BCUT2D eigenvalue weighted by atomic mass is 32.1. The van der Waals surface area contributed by atoms with E-state index in [9.17, 15) is 9.59 Å². The van der Waals surface area contributed by atoms with E-state index in [1.54, 1.807) is 11.3 Å². The highest BCUT2D eigenvalue weighted by Gasteiger charge is 2.14. The number of nitrogens with one attached hydrogen (secondary N) is 1. The van der Waals surface area contributed by atoms with Crippen LogP contribution in [0.25, 0.3) is 22.2 Å². The van der Waals surface area contributed by atoms with Crippen molar-refractivity contribution in [1.29, 1.82) is 0 Å². The van der Waals surface area contributed by atoms with E-state index < -0.39 is 5.69 Å². The first-order valence-electron chi connectivity index (χ1n) is 9.06. The minimum absolute atomic E-state index is 0.0497. The number of nitrogens with zero attached hydrogens (tertiary/aromatic N) is 2. The van der Waals surface area contributed by atoms with Gasteiger partial charge in [-0.1, -0.05) is 54.6 Å². The van der Waals surface area contributed by atoms with E-state index in [1.807, 2.05) is 72.1 Å². The molecule has 1 N–H and O–H groups in total. The molecule has 0 unspecified atom stereocenters. The maximum absolute atomic E-state index is 12.7. The Morgan fingerprint density at radius 3 is 2.57 bits per heavy atom. The van der Waals surface area contributed by atoms with Gasteiger partial charge in [0, 0.05) is 22.4 Å². The zero-order chi connectivity index (χ0) is 19.3. The summed E-state index contributed by atoms with van der Waals surface area (Å²) in [6.07, 6.45) is 0.782. The van der Waals surface area contributed by atoms with Gasteiger partial charge in [0.15, 0.2) is 0 Å². The second kappa shape index (κ2) is 8.19. The lowest BCUT2D eigenvalue weighted by molar-refractivity contribution is -0.121. The summed E-state index contributed by atoms with van der Waals surface area (Å²) >= 11 is 1.67. The van der Waals surface area contributed by atoms with Crippen molar-refractivity contribution in [3.8, 4) is 11.3 Å². The maximum atomic E-state index is 12.7. The molecular weight excluding hydrogens is 370 g/mol. The minimum atomic E-state index is -0.425. The van der Waals surface area contributed by atoms with Crippen molar-refractivity contribution < 1.29 is 4.79 Å². The number of hydrogen-bond acceptors (Lipinski definition) is 4. The second-order valence-corrected chi connectivity index (χ2v) is 7.42. The zero-order valence-electron chi connectivity index (χ0n) is 15.2. The fourth-order valence-corrected chi connectivity index (χ4v) is 3.89. The van der Waals surface area contributed by atoms with E-state index in [0.29, 0.717) is 17.8 Å². The van der Waals surface area contributed by atoms with Crippen LogP contribution in [0.1, 0.15) is 4.88 Å². The Morgan fingerprint density at radius 1 is 1.00 bits per heavy atom. The molecule has 5 nitrogen and oxygen atoms in total. The van der Waals surface area contributed by atoms with Crippen molar-refractivity contribution in [3.63, 3.8) is 0 Å². The van der Waals surface area contributed by atoms with Gasteiger partial charge in [0.25, 0.3) is 0 Å². The molecule has 140 valence electrons. The smallest absolute Gasteiger partial charge is 0.349 e. The number of para-hydroxylation sites is 1. The molecule has 2 aromatic carbocycles. The van der Waals surface area contributed by atoms with Crippen molar-refractivity contribution in [2.75, 3.05) is 6.54 Å². The second-order valence-electron chi connectivity index (χ2n) is 6.39. The molecule has 0 atom stereocenters. The molecule has 6 heteroatoms. The molecule has 0 bridgehead atoms. The fraction of sp³-hybridized carbons (Fsp3) is 0.136. The number of carbonyl (C=O) groups excluding carboxylic acids is 1. The topological polar surface area (TPSA) is 64.0 Å². The first kappa shape index (κ1) is 18.1. The first-order valence-corrected chi connectivity index (χ1v) is 9.94. The van der Waals surface area contributed by atoms with Crippen molar-refractivity contribution in [1.82, 2.24) is 14.9 Å². The molecule has 2 heterocycles. The van der Waals surface area contributed by atoms with Crippen molar-refractivity contribution in [3.05, 3.63) is 87.5 Å². The van der Waals surface area contributed by atoms with Crippen LogP contribution in [-0.4, -0.2) is 22.0 Å². The monoisotopic (exact) mass is 389 g/mol. The largest absolute Gasteiger partial charge is 0.354 e. The van der Waals surface area contributed by atoms with Gasteiger partial charge in [-0.05, 0) is 23.9 Å². The molecule has 0 aliphatic rings. The van der Waals surface area contributed by atoms with Crippen LogP contribution in [0.15, 0.2) is 76.9 Å². The van der Waals surface area contributed by atoms with Crippen LogP contribution in [0.2, 0.25) is 0 Å². The zero-order valence-corrected chi connectivity index (χ0v) is 16.0. The van der Waals surface area contributed by atoms with E-state index in [0.717, 1.165) is 17.4 Å². The van der Waals surface area contributed by atoms with Crippen LogP contribution in [0, 0.1) is 0 Å². The van der Waals surface area contributed by atoms with Crippen LogP contribution in [0.4, 0.5) is 0 Å². The molecule has 0 saturated heterocycles. The molecule has 1 amide bonds. The molecule has 0 radical (unpaired) electrons. The summed E-state index contributed by atoms with van der Waals surface area (Å²) in [5, 5.41) is 5.75. The molecular formula is C22H19N3O2S. The Bertz CT molecular complexity index is 1150. The normalized spacial score (nSPS) is 10.9. The summed E-state index contributed by atoms with van der Waals surface area (Å²) < 4.78 is 1.43. The minimum Gasteiger partial charge on any atom is -0.354 e. The maximum Gasteiger partial charge on any atom is 0.349 e. The Morgan fingerprint density at radius 2 is 1.79 bits per heavy atom. The van der Waals surface area contributed by atoms with E-state index in [1.165, 1.54) is 9.44 Å². The van der Waals surface area contributed by atoms with Crippen molar-refractivity contribution >= 4 is 28.1 Å². The van der Waals surface area contributed by atoms with Gasteiger partial charge >= 0.3 is 5.69 Å². The highest BCUT2D eigenvalue weighted by molar-refractivity contribution is 7.09. The van der Waals surface area contributed by atoms with Crippen LogP contribution >= 0.6 is 11.3 Å². The number of carbonyl (C=O) groups is 1. The summed E-state index contributed by atoms with van der Waals surface area (Å²) in [7, 11) is 0. The highest BCUT2D eigenvalue weighted by Crippen LogP contribution is 2.24. The van der Waals surface area contributed by atoms with Crippen LogP contribution < -0.4 is 11.0 Å². The van der Waals surface area contributed by atoms with Gasteiger partial charge in [-0.15, -0.1) is 11.3 Å². The SMILES string of the molecule is O=C(Cn1c(=O)nc(-c2ccccc2)c2ccccc21)NCCc1cccs1. The quantitative estimate of drug-likeness (QED) is 0.549. The molecule has 4 rings (SSSR count). The number of benzene rings is 2. The summed E-state index contributed by atoms with van der Waals surface area (Å²) in [5.41, 5.74) is 1.79. The van der Waals surface area contributed by atoms with Crippen molar-refractivity contribution in [2.45, 2.75) is 13.0 Å². The number of thiophene rings is 1. The first-order chi connectivity index (χ1) is 13.7. The Hall–Kier alpha value is -3.25. The van der Waals surface area contributed by atoms with Gasteiger partial charge in [0.2, 0.25) is 5.91 Å². The third-order valence-corrected chi connectivity index (χ3v) is 5.45. The molecule has 0 aliphatic carbocycles. The van der Waals surface area contributed by atoms with Crippen LogP contribution in [-0.2, 0) is 17.8 Å². The number of amides is 1. The number of aromatic nitrogens is 2. The Labute approximate surface area is 166 Å².